The molecule has 0 atom stereocenters. The van der Waals surface area contributed by atoms with Crippen LogP contribution < -0.4 is 10.8 Å². The normalized spacial score (nSPS) is 11.3. The lowest BCUT2D eigenvalue weighted by Gasteiger charge is -2.06. The van der Waals surface area contributed by atoms with Crippen molar-refractivity contribution in [3.8, 4) is 0 Å². The summed E-state index contributed by atoms with van der Waals surface area (Å²) < 4.78 is 0. The number of hydrogen-bond donors (Lipinski definition) is 4. The predicted octanol–water partition coefficient (Wildman–Crippen LogP) is 2.12. The first-order valence-electron chi connectivity index (χ1n) is 8.36. The van der Waals surface area contributed by atoms with Gasteiger partial charge in [-0.25, -0.2) is 15.4 Å². The second-order valence-corrected chi connectivity index (χ2v) is 5.99. The molecule has 7 heteroatoms. The first-order chi connectivity index (χ1) is 12.7. The molecule has 4 N–H and O–H groups in total. The third-order valence-electron chi connectivity index (χ3n) is 4.17. The highest BCUT2D eigenvalue weighted by atomic mass is 16.5. The predicted molar refractivity (Wildman–Crippen MR) is 99.4 cm³/mol. The Morgan fingerprint density at radius 3 is 2.88 bits per heavy atom. The van der Waals surface area contributed by atoms with Gasteiger partial charge < -0.3 is 10.3 Å². The third kappa shape index (κ3) is 4.33. The Kier molecular flexibility index (Phi) is 5.73. The van der Waals surface area contributed by atoms with Gasteiger partial charge in [-0.15, -0.1) is 0 Å². The molecule has 3 aromatic rings. The van der Waals surface area contributed by atoms with Crippen molar-refractivity contribution in [1.29, 1.82) is 0 Å². The van der Waals surface area contributed by atoms with Crippen LogP contribution in [0, 0.1) is 6.92 Å². The molecule has 0 unspecified atom stereocenters. The maximum absolute atomic E-state index is 11.0. The second kappa shape index (κ2) is 8.37. The SMILES string of the molecule is Cc1[nH]c2cncnc2c1CCNCc1ccc(/C=C/C(=O)NO)cc1. The van der Waals surface area contributed by atoms with Crippen LogP contribution in [0.5, 0.6) is 0 Å². The van der Waals surface area contributed by atoms with Crippen LogP contribution in [0.2, 0.25) is 0 Å². The average Bonchev–Trinajstić information content (AvgIpc) is 2.99. The van der Waals surface area contributed by atoms with Crippen molar-refractivity contribution in [2.24, 2.45) is 0 Å². The zero-order valence-corrected chi connectivity index (χ0v) is 14.5. The smallest absolute Gasteiger partial charge is 0.267 e. The van der Waals surface area contributed by atoms with E-state index in [0.29, 0.717) is 0 Å². The number of H-pyrrole nitrogens is 1. The van der Waals surface area contributed by atoms with Crippen molar-refractivity contribution in [3.05, 3.63) is 65.2 Å². The lowest BCUT2D eigenvalue weighted by atomic mass is 10.1. The molecule has 0 bridgehead atoms. The van der Waals surface area contributed by atoms with Crippen molar-refractivity contribution in [2.45, 2.75) is 19.9 Å². The van der Waals surface area contributed by atoms with Gasteiger partial charge in [0.1, 0.15) is 6.33 Å². The van der Waals surface area contributed by atoms with Crippen molar-refractivity contribution < 1.29 is 10.0 Å². The first kappa shape index (κ1) is 17.8. The minimum absolute atomic E-state index is 0.548. The number of amides is 1. The number of aromatic nitrogens is 3. The Morgan fingerprint density at radius 1 is 1.31 bits per heavy atom. The molecule has 0 aliphatic rings. The number of hydroxylamine groups is 1. The summed E-state index contributed by atoms with van der Waals surface area (Å²) in [6.45, 7) is 3.66. The van der Waals surface area contributed by atoms with E-state index >= 15 is 0 Å². The van der Waals surface area contributed by atoms with Crippen LogP contribution in [0.3, 0.4) is 0 Å². The lowest BCUT2D eigenvalue weighted by molar-refractivity contribution is -0.124. The quantitative estimate of drug-likeness (QED) is 0.226. The van der Waals surface area contributed by atoms with Crippen LogP contribution in [-0.4, -0.2) is 32.6 Å². The summed E-state index contributed by atoms with van der Waals surface area (Å²) in [5.41, 5.74) is 7.92. The van der Waals surface area contributed by atoms with E-state index < -0.39 is 5.91 Å². The Labute approximate surface area is 151 Å². The number of fused-ring (bicyclic) bond motifs is 1. The Hall–Kier alpha value is -3.03. The molecule has 0 aliphatic heterocycles. The molecule has 0 spiro atoms. The van der Waals surface area contributed by atoms with Gasteiger partial charge in [0.2, 0.25) is 0 Å². The molecule has 0 radical (unpaired) electrons. The van der Waals surface area contributed by atoms with E-state index in [-0.39, 0.29) is 0 Å². The summed E-state index contributed by atoms with van der Waals surface area (Å²) in [5, 5.41) is 11.9. The van der Waals surface area contributed by atoms with E-state index in [9.17, 15) is 4.79 Å². The van der Waals surface area contributed by atoms with Crippen molar-refractivity contribution in [3.63, 3.8) is 0 Å². The fraction of sp³-hybridized carbons (Fsp3) is 0.211. The molecule has 0 fully saturated rings. The fourth-order valence-corrected chi connectivity index (χ4v) is 2.82. The Bertz CT molecular complexity index is 915. The Morgan fingerprint density at radius 2 is 2.12 bits per heavy atom. The molecule has 7 nitrogen and oxygen atoms in total. The monoisotopic (exact) mass is 351 g/mol. The van der Waals surface area contributed by atoms with Crippen LogP contribution in [0.1, 0.15) is 22.4 Å². The fourth-order valence-electron chi connectivity index (χ4n) is 2.82. The molecule has 2 aromatic heterocycles. The van der Waals surface area contributed by atoms with Crippen LogP contribution in [-0.2, 0) is 17.8 Å². The van der Waals surface area contributed by atoms with E-state index in [1.807, 2.05) is 24.3 Å². The summed E-state index contributed by atoms with van der Waals surface area (Å²) >= 11 is 0. The van der Waals surface area contributed by atoms with E-state index in [1.165, 1.54) is 11.6 Å². The first-order valence-corrected chi connectivity index (χ1v) is 8.36. The summed E-state index contributed by atoms with van der Waals surface area (Å²) in [5.74, 6) is -0.548. The highest BCUT2D eigenvalue weighted by Crippen LogP contribution is 2.19. The largest absolute Gasteiger partial charge is 0.356 e. The molecule has 26 heavy (non-hydrogen) atoms. The number of carbonyl (C=O) groups excluding carboxylic acids is 1. The molecule has 2 heterocycles. The van der Waals surface area contributed by atoms with Crippen LogP contribution in [0.15, 0.2) is 42.9 Å². The number of nitrogens with zero attached hydrogens (tertiary/aromatic N) is 2. The molecule has 3 rings (SSSR count). The minimum atomic E-state index is -0.548. The van der Waals surface area contributed by atoms with E-state index in [0.717, 1.165) is 47.4 Å². The standard InChI is InChI=1S/C19H21N5O2/c1-13-16(19-17(23-13)11-21-12-22-19)8-9-20-10-15-4-2-14(3-5-15)6-7-18(25)24-26/h2-7,11-12,20,23,26H,8-10H2,1H3,(H,24,25)/b7-6+. The summed E-state index contributed by atoms with van der Waals surface area (Å²) in [6, 6.07) is 7.87. The molecular formula is C19H21N5O2. The number of rotatable bonds is 7. The van der Waals surface area contributed by atoms with Gasteiger partial charge in [0.05, 0.1) is 17.2 Å². The summed E-state index contributed by atoms with van der Waals surface area (Å²) in [6.07, 6.45) is 7.18. The number of hydrogen-bond acceptors (Lipinski definition) is 5. The highest BCUT2D eigenvalue weighted by molar-refractivity contribution is 5.90. The number of nitrogens with one attached hydrogen (secondary N) is 3. The van der Waals surface area contributed by atoms with Gasteiger partial charge in [-0.3, -0.25) is 10.0 Å². The van der Waals surface area contributed by atoms with Gasteiger partial charge in [0.15, 0.2) is 0 Å². The molecule has 1 amide bonds. The van der Waals surface area contributed by atoms with E-state index in [1.54, 1.807) is 24.1 Å². The van der Waals surface area contributed by atoms with E-state index in [4.69, 9.17) is 5.21 Å². The minimum Gasteiger partial charge on any atom is -0.356 e. The zero-order chi connectivity index (χ0) is 18.4. The molecule has 134 valence electrons. The number of carbonyl (C=O) groups is 1. The van der Waals surface area contributed by atoms with Crippen molar-refractivity contribution >= 4 is 23.0 Å². The van der Waals surface area contributed by atoms with Gasteiger partial charge in [0.25, 0.3) is 5.91 Å². The summed E-state index contributed by atoms with van der Waals surface area (Å²) in [7, 11) is 0. The molecule has 0 aliphatic carbocycles. The second-order valence-electron chi connectivity index (χ2n) is 5.99. The van der Waals surface area contributed by atoms with Gasteiger partial charge in [-0.1, -0.05) is 24.3 Å². The maximum atomic E-state index is 11.0. The van der Waals surface area contributed by atoms with Crippen molar-refractivity contribution in [1.82, 2.24) is 25.7 Å². The third-order valence-corrected chi connectivity index (χ3v) is 4.17. The van der Waals surface area contributed by atoms with Crippen LogP contribution >= 0.6 is 0 Å². The van der Waals surface area contributed by atoms with Gasteiger partial charge >= 0.3 is 0 Å². The lowest BCUT2D eigenvalue weighted by Crippen LogP contribution is -2.17. The summed E-state index contributed by atoms with van der Waals surface area (Å²) in [4.78, 5) is 22.7. The average molecular weight is 351 g/mol. The van der Waals surface area contributed by atoms with Crippen molar-refractivity contribution in [2.75, 3.05) is 6.54 Å². The van der Waals surface area contributed by atoms with Gasteiger partial charge in [-0.05, 0) is 37.1 Å². The van der Waals surface area contributed by atoms with Crippen LogP contribution in [0.4, 0.5) is 0 Å². The maximum Gasteiger partial charge on any atom is 0.267 e. The molecule has 0 saturated heterocycles. The highest BCUT2D eigenvalue weighted by Gasteiger charge is 2.08. The number of aryl methyl sites for hydroxylation is 1. The Balaban J connectivity index is 1.51. The van der Waals surface area contributed by atoms with Gasteiger partial charge in [0, 0.05) is 23.9 Å². The molecule has 0 saturated carbocycles. The number of benzene rings is 1. The molecule has 1 aromatic carbocycles. The van der Waals surface area contributed by atoms with E-state index in [2.05, 4.69) is 27.2 Å². The number of aromatic amines is 1. The van der Waals surface area contributed by atoms with Crippen LogP contribution in [0.25, 0.3) is 17.1 Å². The molecular weight excluding hydrogens is 330 g/mol. The van der Waals surface area contributed by atoms with Gasteiger partial charge in [-0.2, -0.15) is 0 Å². The topological polar surface area (TPSA) is 103 Å². The zero-order valence-electron chi connectivity index (χ0n) is 14.5.